The van der Waals surface area contributed by atoms with Gasteiger partial charge in [0.1, 0.15) is 0 Å². The Morgan fingerprint density at radius 3 is 2.79 bits per heavy atom. The van der Waals surface area contributed by atoms with E-state index in [0.717, 1.165) is 52.1 Å². The molecule has 3 aliphatic heterocycles. The SMILES string of the molecule is O=C(c1cn(CC2CCCN2C2CCOCC2)nn1)N1CCc2ccccc2C1. The zero-order chi connectivity index (χ0) is 19.6. The molecular weight excluding hydrogens is 366 g/mol. The number of carbonyl (C=O) groups excluding carboxylic acids is 1. The molecule has 1 unspecified atom stereocenters. The van der Waals surface area contributed by atoms with Gasteiger partial charge in [-0.15, -0.1) is 5.10 Å². The molecule has 0 radical (unpaired) electrons. The first-order valence-corrected chi connectivity index (χ1v) is 10.9. The first kappa shape index (κ1) is 18.8. The third kappa shape index (κ3) is 3.94. The molecule has 0 spiro atoms. The summed E-state index contributed by atoms with van der Waals surface area (Å²) in [5.41, 5.74) is 3.03. The molecule has 2 saturated heterocycles. The van der Waals surface area contributed by atoms with Gasteiger partial charge < -0.3 is 9.64 Å². The van der Waals surface area contributed by atoms with Crippen molar-refractivity contribution >= 4 is 5.91 Å². The van der Waals surface area contributed by atoms with Crippen LogP contribution in [0.2, 0.25) is 0 Å². The van der Waals surface area contributed by atoms with Crippen molar-refractivity contribution in [2.75, 3.05) is 26.3 Å². The van der Waals surface area contributed by atoms with E-state index < -0.39 is 0 Å². The van der Waals surface area contributed by atoms with Crippen molar-refractivity contribution in [3.8, 4) is 0 Å². The Morgan fingerprint density at radius 1 is 1.10 bits per heavy atom. The topological polar surface area (TPSA) is 63.5 Å². The largest absolute Gasteiger partial charge is 0.381 e. The van der Waals surface area contributed by atoms with Gasteiger partial charge in [0, 0.05) is 38.4 Å². The van der Waals surface area contributed by atoms with Crippen molar-refractivity contribution < 1.29 is 9.53 Å². The van der Waals surface area contributed by atoms with Crippen molar-refractivity contribution in [1.29, 1.82) is 0 Å². The van der Waals surface area contributed by atoms with E-state index >= 15 is 0 Å². The summed E-state index contributed by atoms with van der Waals surface area (Å²) in [6.45, 7) is 5.10. The molecule has 7 heteroatoms. The first-order chi connectivity index (χ1) is 14.3. The van der Waals surface area contributed by atoms with Crippen LogP contribution in [0.4, 0.5) is 0 Å². The minimum atomic E-state index is -0.0153. The number of likely N-dealkylation sites (tertiary alicyclic amines) is 1. The monoisotopic (exact) mass is 395 g/mol. The second-order valence-electron chi connectivity index (χ2n) is 8.45. The van der Waals surface area contributed by atoms with Gasteiger partial charge in [-0.05, 0) is 49.8 Å². The predicted octanol–water partition coefficient (Wildman–Crippen LogP) is 2.12. The van der Waals surface area contributed by atoms with E-state index in [2.05, 4.69) is 33.4 Å². The molecule has 0 bridgehead atoms. The number of nitrogens with zero attached hydrogens (tertiary/aromatic N) is 5. The van der Waals surface area contributed by atoms with Crippen LogP contribution in [0.25, 0.3) is 0 Å². The average molecular weight is 396 g/mol. The molecule has 5 rings (SSSR count). The zero-order valence-electron chi connectivity index (χ0n) is 16.9. The molecule has 0 aliphatic carbocycles. The fourth-order valence-electron chi connectivity index (χ4n) is 5.08. The van der Waals surface area contributed by atoms with Gasteiger partial charge in [-0.3, -0.25) is 14.4 Å². The Balaban J connectivity index is 1.23. The summed E-state index contributed by atoms with van der Waals surface area (Å²) in [5.74, 6) is -0.0153. The molecule has 7 nitrogen and oxygen atoms in total. The molecule has 3 aliphatic rings. The molecule has 2 fully saturated rings. The lowest BCUT2D eigenvalue weighted by molar-refractivity contribution is 0.0264. The number of aromatic nitrogens is 3. The predicted molar refractivity (Wildman–Crippen MR) is 108 cm³/mol. The van der Waals surface area contributed by atoms with E-state index in [1.807, 2.05) is 21.8 Å². The number of rotatable bonds is 4. The molecule has 29 heavy (non-hydrogen) atoms. The second-order valence-corrected chi connectivity index (χ2v) is 8.45. The quantitative estimate of drug-likeness (QED) is 0.794. The maximum atomic E-state index is 13.0. The highest BCUT2D eigenvalue weighted by Gasteiger charge is 2.32. The highest BCUT2D eigenvalue weighted by atomic mass is 16.5. The Kier molecular flexibility index (Phi) is 5.33. The zero-order valence-corrected chi connectivity index (χ0v) is 16.9. The van der Waals surface area contributed by atoms with Crippen LogP contribution in [0, 0.1) is 0 Å². The Hall–Kier alpha value is -2.25. The minimum Gasteiger partial charge on any atom is -0.381 e. The summed E-state index contributed by atoms with van der Waals surface area (Å²) in [7, 11) is 0. The number of carbonyl (C=O) groups is 1. The van der Waals surface area contributed by atoms with Gasteiger partial charge >= 0.3 is 0 Å². The number of amides is 1. The molecule has 154 valence electrons. The molecule has 1 atom stereocenters. The summed E-state index contributed by atoms with van der Waals surface area (Å²) in [6, 6.07) is 9.46. The van der Waals surface area contributed by atoms with Gasteiger partial charge in [0.2, 0.25) is 0 Å². The van der Waals surface area contributed by atoms with E-state index in [1.165, 1.54) is 24.0 Å². The molecule has 1 amide bonds. The van der Waals surface area contributed by atoms with Crippen LogP contribution in [0.3, 0.4) is 0 Å². The molecule has 1 aromatic carbocycles. The number of ether oxygens (including phenoxy) is 1. The lowest BCUT2D eigenvalue weighted by Crippen LogP contribution is -2.44. The number of hydrogen-bond acceptors (Lipinski definition) is 5. The third-order valence-corrected chi connectivity index (χ3v) is 6.66. The fraction of sp³-hybridized carbons (Fsp3) is 0.591. The normalized spacial score (nSPS) is 23.3. The molecule has 2 aromatic rings. The highest BCUT2D eigenvalue weighted by molar-refractivity contribution is 5.92. The highest BCUT2D eigenvalue weighted by Crippen LogP contribution is 2.26. The average Bonchev–Trinajstić information content (AvgIpc) is 3.43. The van der Waals surface area contributed by atoms with Gasteiger partial charge in [-0.25, -0.2) is 0 Å². The van der Waals surface area contributed by atoms with E-state index in [4.69, 9.17) is 4.74 Å². The molecule has 4 heterocycles. The van der Waals surface area contributed by atoms with Crippen molar-refractivity contribution in [1.82, 2.24) is 24.8 Å². The van der Waals surface area contributed by atoms with Crippen LogP contribution in [0.15, 0.2) is 30.5 Å². The Bertz CT molecular complexity index is 860. The summed E-state index contributed by atoms with van der Waals surface area (Å²) in [5, 5.41) is 8.50. The number of benzene rings is 1. The standard InChI is InChI=1S/C22H29N5O2/c28-22(25-11-7-17-4-1-2-5-18(17)14-25)21-16-26(24-23-21)15-20-6-3-10-27(20)19-8-12-29-13-9-19/h1-2,4-5,16,19-20H,3,6-15H2. The Morgan fingerprint density at radius 2 is 1.93 bits per heavy atom. The molecule has 0 saturated carbocycles. The van der Waals surface area contributed by atoms with E-state index in [1.54, 1.807) is 0 Å². The summed E-state index contributed by atoms with van der Waals surface area (Å²) in [6.07, 6.45) is 7.39. The lowest BCUT2D eigenvalue weighted by atomic mass is 10.00. The van der Waals surface area contributed by atoms with Crippen molar-refractivity contribution in [2.24, 2.45) is 0 Å². The molecule has 0 N–H and O–H groups in total. The minimum absolute atomic E-state index is 0.0153. The summed E-state index contributed by atoms with van der Waals surface area (Å²) in [4.78, 5) is 17.5. The van der Waals surface area contributed by atoms with Crippen molar-refractivity contribution in [3.05, 3.63) is 47.3 Å². The van der Waals surface area contributed by atoms with E-state index in [0.29, 0.717) is 24.3 Å². The summed E-state index contributed by atoms with van der Waals surface area (Å²) >= 11 is 0. The molecule has 1 aromatic heterocycles. The maximum Gasteiger partial charge on any atom is 0.276 e. The number of fused-ring (bicyclic) bond motifs is 1. The van der Waals surface area contributed by atoms with Gasteiger partial charge in [0.05, 0.1) is 12.7 Å². The van der Waals surface area contributed by atoms with Crippen molar-refractivity contribution in [3.63, 3.8) is 0 Å². The van der Waals surface area contributed by atoms with Crippen LogP contribution in [-0.2, 0) is 24.2 Å². The Labute approximate surface area is 171 Å². The fourth-order valence-corrected chi connectivity index (χ4v) is 5.08. The van der Waals surface area contributed by atoms with Crippen LogP contribution >= 0.6 is 0 Å². The first-order valence-electron chi connectivity index (χ1n) is 10.9. The van der Waals surface area contributed by atoms with Crippen LogP contribution in [-0.4, -0.2) is 69.1 Å². The van der Waals surface area contributed by atoms with Gasteiger partial charge in [0.15, 0.2) is 5.69 Å². The second kappa shape index (κ2) is 8.24. The lowest BCUT2D eigenvalue weighted by Gasteiger charge is -2.35. The number of hydrogen-bond donors (Lipinski definition) is 0. The third-order valence-electron chi connectivity index (χ3n) is 6.66. The van der Waals surface area contributed by atoms with E-state index in [9.17, 15) is 4.79 Å². The van der Waals surface area contributed by atoms with Crippen LogP contribution in [0.5, 0.6) is 0 Å². The van der Waals surface area contributed by atoms with Crippen LogP contribution < -0.4 is 0 Å². The van der Waals surface area contributed by atoms with Crippen molar-refractivity contribution in [2.45, 2.75) is 57.3 Å². The van der Waals surface area contributed by atoms with E-state index in [-0.39, 0.29) is 5.91 Å². The molecular formula is C22H29N5O2. The summed E-state index contributed by atoms with van der Waals surface area (Å²) < 4.78 is 7.39. The van der Waals surface area contributed by atoms with Gasteiger partial charge in [-0.1, -0.05) is 29.5 Å². The van der Waals surface area contributed by atoms with Gasteiger partial charge in [-0.2, -0.15) is 0 Å². The van der Waals surface area contributed by atoms with Crippen LogP contribution in [0.1, 0.15) is 47.3 Å². The smallest absolute Gasteiger partial charge is 0.276 e. The maximum absolute atomic E-state index is 13.0. The van der Waals surface area contributed by atoms with Gasteiger partial charge in [0.25, 0.3) is 5.91 Å².